The molecule has 1 heteroatoms. The molecule has 58 heavy (non-hydrogen) atoms. The maximum Gasteiger partial charge on any atom is 0.143 e. The Morgan fingerprint density at radius 1 is 0.362 bits per heavy atom. The second-order valence-electron chi connectivity index (χ2n) is 17.9. The van der Waals surface area contributed by atoms with Gasteiger partial charge in [-0.3, -0.25) is 0 Å². The van der Waals surface area contributed by atoms with Gasteiger partial charge in [-0.2, -0.15) is 0 Å². The molecule has 278 valence electrons. The van der Waals surface area contributed by atoms with E-state index in [1.54, 1.807) is 5.56 Å². The van der Waals surface area contributed by atoms with Gasteiger partial charge in [0.1, 0.15) is 11.2 Å². The van der Waals surface area contributed by atoms with Gasteiger partial charge in [0.25, 0.3) is 0 Å². The van der Waals surface area contributed by atoms with E-state index in [-0.39, 0.29) is 0 Å². The first-order valence-corrected chi connectivity index (χ1v) is 21.6. The van der Waals surface area contributed by atoms with Crippen LogP contribution in [0.5, 0.6) is 0 Å². The molecule has 5 atom stereocenters. The van der Waals surface area contributed by atoms with Crippen molar-refractivity contribution in [2.45, 2.75) is 44.4 Å². The van der Waals surface area contributed by atoms with Crippen molar-refractivity contribution in [1.29, 1.82) is 0 Å². The summed E-state index contributed by atoms with van der Waals surface area (Å²) in [5, 5.41) is 13.0. The number of rotatable bonds is 4. The summed E-state index contributed by atoms with van der Waals surface area (Å²) in [6.45, 7) is 0. The lowest BCUT2D eigenvalue weighted by molar-refractivity contribution is 0.0173. The largest absolute Gasteiger partial charge is 0.455 e. The van der Waals surface area contributed by atoms with Crippen molar-refractivity contribution >= 4 is 65.0 Å². The summed E-state index contributed by atoms with van der Waals surface area (Å²) < 4.78 is 7.01. The number of fused-ring (bicyclic) bond motifs is 9. The van der Waals surface area contributed by atoms with Crippen molar-refractivity contribution in [2.75, 3.05) is 0 Å². The zero-order valence-electron chi connectivity index (χ0n) is 32.6. The van der Waals surface area contributed by atoms with Crippen molar-refractivity contribution in [3.05, 3.63) is 169 Å². The first kappa shape index (κ1) is 32.9. The van der Waals surface area contributed by atoms with E-state index in [1.807, 2.05) is 0 Å². The Morgan fingerprint density at radius 2 is 0.914 bits per heavy atom. The van der Waals surface area contributed by atoms with Crippen LogP contribution >= 0.6 is 0 Å². The van der Waals surface area contributed by atoms with Gasteiger partial charge in [-0.25, -0.2) is 0 Å². The SMILES string of the molecule is c1ccc(-c2c3ccccc3c(-c3ccc4oc5c(-c6c7ccccc7c(C7CC8CCC9CC8CC7C9)c7ccccc67)cccc5c4c3)c3ccccc23)cc1. The highest BCUT2D eigenvalue weighted by atomic mass is 16.3. The highest BCUT2D eigenvalue weighted by Crippen LogP contribution is 2.59. The molecule has 10 aromatic rings. The van der Waals surface area contributed by atoms with Gasteiger partial charge < -0.3 is 4.42 Å². The van der Waals surface area contributed by atoms with Gasteiger partial charge in [0.05, 0.1) is 0 Å². The second-order valence-corrected chi connectivity index (χ2v) is 17.9. The summed E-state index contributed by atoms with van der Waals surface area (Å²) in [5.41, 5.74) is 11.0. The number of benzene rings is 9. The van der Waals surface area contributed by atoms with Crippen LogP contribution in [0.3, 0.4) is 0 Å². The van der Waals surface area contributed by atoms with Gasteiger partial charge in [-0.15, -0.1) is 0 Å². The minimum atomic E-state index is 0.627. The summed E-state index contributed by atoms with van der Waals surface area (Å²) in [4.78, 5) is 0. The van der Waals surface area contributed by atoms with E-state index in [0.717, 1.165) is 45.6 Å². The molecule has 3 aliphatic rings. The molecule has 0 saturated heterocycles. The van der Waals surface area contributed by atoms with Crippen LogP contribution in [0.2, 0.25) is 0 Å². The number of furan rings is 1. The molecule has 0 N–H and O–H groups in total. The Kier molecular flexibility index (Phi) is 7.17. The van der Waals surface area contributed by atoms with E-state index in [0.29, 0.717) is 5.92 Å². The number of hydrogen-bond donors (Lipinski definition) is 0. The molecule has 3 aliphatic carbocycles. The van der Waals surface area contributed by atoms with Crippen LogP contribution in [0.4, 0.5) is 0 Å². The molecule has 0 aliphatic heterocycles. The van der Waals surface area contributed by atoms with Crippen molar-refractivity contribution in [1.82, 2.24) is 0 Å². The predicted octanol–water partition coefficient (Wildman–Crippen LogP) is 16.1. The number of hydrogen-bond acceptors (Lipinski definition) is 1. The molecule has 5 unspecified atom stereocenters. The maximum atomic E-state index is 7.01. The quantitative estimate of drug-likeness (QED) is 0.164. The first-order chi connectivity index (χ1) is 28.8. The van der Waals surface area contributed by atoms with E-state index in [4.69, 9.17) is 4.42 Å². The van der Waals surface area contributed by atoms with Crippen LogP contribution in [0.1, 0.15) is 50.0 Å². The van der Waals surface area contributed by atoms with Crippen LogP contribution in [0, 0.1) is 23.7 Å². The molecule has 9 aromatic carbocycles. The zero-order chi connectivity index (χ0) is 37.9. The monoisotopic (exact) mass is 744 g/mol. The van der Waals surface area contributed by atoms with Gasteiger partial charge in [-0.05, 0) is 145 Å². The molecule has 1 heterocycles. The van der Waals surface area contributed by atoms with Gasteiger partial charge in [0.15, 0.2) is 0 Å². The Hall–Kier alpha value is -6.18. The summed E-state index contributed by atoms with van der Waals surface area (Å²) in [7, 11) is 0. The van der Waals surface area contributed by atoms with Crippen molar-refractivity contribution in [2.24, 2.45) is 23.7 Å². The molecule has 0 spiro atoms. The third-order valence-electron chi connectivity index (χ3n) is 15.0. The topological polar surface area (TPSA) is 13.1 Å². The van der Waals surface area contributed by atoms with Gasteiger partial charge >= 0.3 is 0 Å². The Balaban J connectivity index is 1.03. The van der Waals surface area contributed by atoms with Crippen LogP contribution in [0.15, 0.2) is 168 Å². The lowest BCUT2D eigenvalue weighted by Crippen LogP contribution is -2.41. The minimum absolute atomic E-state index is 0.627. The second kappa shape index (κ2) is 12.7. The van der Waals surface area contributed by atoms with Crippen molar-refractivity contribution in [3.8, 4) is 33.4 Å². The average Bonchev–Trinajstić information content (AvgIpc) is 3.66. The third-order valence-corrected chi connectivity index (χ3v) is 15.0. The molecule has 3 saturated carbocycles. The Labute approximate surface area is 338 Å². The summed E-state index contributed by atoms with van der Waals surface area (Å²) >= 11 is 0. The molecule has 1 aromatic heterocycles. The third kappa shape index (κ3) is 4.77. The minimum Gasteiger partial charge on any atom is -0.455 e. The molecule has 3 fully saturated rings. The lowest BCUT2D eigenvalue weighted by Gasteiger charge is -2.52. The fourth-order valence-corrected chi connectivity index (χ4v) is 12.7. The lowest BCUT2D eigenvalue weighted by atomic mass is 9.53. The van der Waals surface area contributed by atoms with Gasteiger partial charge in [0, 0.05) is 21.9 Å². The Bertz CT molecular complexity index is 3160. The van der Waals surface area contributed by atoms with E-state index >= 15 is 0 Å². The average molecular weight is 745 g/mol. The molecule has 0 amide bonds. The van der Waals surface area contributed by atoms with E-state index in [9.17, 15) is 0 Å². The van der Waals surface area contributed by atoms with Crippen LogP contribution < -0.4 is 0 Å². The van der Waals surface area contributed by atoms with Crippen LogP contribution in [0.25, 0.3) is 98.4 Å². The molecule has 13 rings (SSSR count). The standard InChI is InChI=1S/C57H44O/c1-2-13-35(14-3-1)53-40-15-4-6-17-42(40)54(43-18-7-5-16-41(43)53)37-27-28-52-51(33-37)48-23-12-24-49(57(48)58-52)55-44-19-8-10-21-46(44)56(47-22-11-9-20-45(47)55)50-32-36-26-25-34-29-38(36)31-39(50)30-34/h1-24,27-28,33-34,36,38-39,50H,25-26,29-32H2. The fraction of sp³-hybridized carbons (Fsp3) is 0.193. The van der Waals surface area contributed by atoms with Gasteiger partial charge in [0.2, 0.25) is 0 Å². The summed E-state index contributed by atoms with van der Waals surface area (Å²) in [6.07, 6.45) is 8.59. The van der Waals surface area contributed by atoms with Crippen LogP contribution in [-0.2, 0) is 0 Å². The van der Waals surface area contributed by atoms with Crippen molar-refractivity contribution < 1.29 is 4.42 Å². The zero-order valence-corrected chi connectivity index (χ0v) is 32.6. The number of para-hydroxylation sites is 1. The van der Waals surface area contributed by atoms with E-state index in [2.05, 4.69) is 164 Å². The first-order valence-electron chi connectivity index (χ1n) is 21.6. The normalized spacial score (nSPS) is 21.6. The summed E-state index contributed by atoms with van der Waals surface area (Å²) in [6, 6.07) is 61.0. The Morgan fingerprint density at radius 3 is 1.57 bits per heavy atom. The molecule has 3 bridgehead atoms. The van der Waals surface area contributed by atoms with E-state index in [1.165, 1.54) is 115 Å². The molecular weight excluding hydrogens is 701 g/mol. The summed E-state index contributed by atoms with van der Waals surface area (Å²) in [5.74, 6) is 4.22. The predicted molar refractivity (Wildman–Crippen MR) is 244 cm³/mol. The molecular formula is C57H44O. The van der Waals surface area contributed by atoms with E-state index < -0.39 is 0 Å². The van der Waals surface area contributed by atoms with Crippen LogP contribution in [-0.4, -0.2) is 0 Å². The molecule has 1 nitrogen and oxygen atoms in total. The van der Waals surface area contributed by atoms with Crippen molar-refractivity contribution in [3.63, 3.8) is 0 Å². The maximum absolute atomic E-state index is 7.01. The molecule has 0 radical (unpaired) electrons. The van der Waals surface area contributed by atoms with Gasteiger partial charge in [-0.1, -0.05) is 158 Å². The highest BCUT2D eigenvalue weighted by Gasteiger charge is 2.46. The fourth-order valence-electron chi connectivity index (χ4n) is 12.7. The smallest absolute Gasteiger partial charge is 0.143 e. The highest BCUT2D eigenvalue weighted by molar-refractivity contribution is 6.23.